The number of nitriles is 1. The molecule has 5 heteroatoms. The molecule has 0 amide bonds. The van der Waals surface area contributed by atoms with E-state index in [0.717, 1.165) is 24.3 Å². The van der Waals surface area contributed by atoms with Gasteiger partial charge in [0.25, 0.3) is 0 Å². The van der Waals surface area contributed by atoms with Crippen molar-refractivity contribution in [2.45, 2.75) is 23.3 Å². The number of ether oxygens (including phenoxy) is 2. The number of methoxy groups -OCH3 is 2. The van der Waals surface area contributed by atoms with E-state index >= 15 is 0 Å². The summed E-state index contributed by atoms with van der Waals surface area (Å²) in [5.41, 5.74) is 2.62. The van der Waals surface area contributed by atoms with Crippen LogP contribution in [0.5, 0.6) is 11.5 Å². The molecule has 1 aromatic rings. The van der Waals surface area contributed by atoms with Gasteiger partial charge in [0.15, 0.2) is 0 Å². The number of thioether (sulfide) groups is 2. The zero-order chi connectivity index (χ0) is 14.9. The third kappa shape index (κ3) is 2.60. The Bertz CT molecular complexity index is 576. The number of benzene rings is 1. The molecule has 2 aliphatic rings. The third-order valence-corrected chi connectivity index (χ3v) is 7.65. The maximum absolute atomic E-state index is 9.09. The van der Waals surface area contributed by atoms with Crippen LogP contribution in [0.1, 0.15) is 24.0 Å². The molecule has 1 saturated heterocycles. The van der Waals surface area contributed by atoms with Crippen molar-refractivity contribution in [1.29, 1.82) is 5.26 Å². The van der Waals surface area contributed by atoms with Crippen LogP contribution in [-0.4, -0.2) is 25.7 Å². The maximum atomic E-state index is 9.09. The number of hydrogen-bond donors (Lipinski definition) is 0. The SMILES string of the molecule is COc1cc2c(c(OC)c1)C1(C[C@H](CC#N)C2)SCCS1. The molecule has 1 heterocycles. The molecular weight excluding hydrogens is 302 g/mol. The minimum absolute atomic E-state index is 0.0622. The van der Waals surface area contributed by atoms with Gasteiger partial charge in [-0.3, -0.25) is 0 Å². The van der Waals surface area contributed by atoms with Gasteiger partial charge in [0.2, 0.25) is 0 Å². The predicted octanol–water partition coefficient (Wildman–Crippen LogP) is 3.81. The monoisotopic (exact) mass is 321 g/mol. The first kappa shape index (κ1) is 14.9. The Kier molecular flexibility index (Phi) is 4.28. The zero-order valence-electron chi connectivity index (χ0n) is 12.3. The number of fused-ring (bicyclic) bond motifs is 2. The summed E-state index contributed by atoms with van der Waals surface area (Å²) in [4.78, 5) is 0. The highest BCUT2D eigenvalue weighted by molar-refractivity contribution is 8.20. The van der Waals surface area contributed by atoms with Gasteiger partial charge in [-0.15, -0.1) is 23.5 Å². The summed E-state index contributed by atoms with van der Waals surface area (Å²) in [7, 11) is 3.42. The van der Waals surface area contributed by atoms with E-state index in [2.05, 4.69) is 12.1 Å². The number of rotatable bonds is 3. The molecule has 1 aliphatic heterocycles. The summed E-state index contributed by atoms with van der Waals surface area (Å²) >= 11 is 4.03. The summed E-state index contributed by atoms with van der Waals surface area (Å²) in [6, 6.07) is 6.47. The number of nitrogens with zero attached hydrogens (tertiary/aromatic N) is 1. The summed E-state index contributed by atoms with van der Waals surface area (Å²) < 4.78 is 11.1. The molecule has 0 radical (unpaired) electrons. The van der Waals surface area contributed by atoms with Crippen LogP contribution in [0.2, 0.25) is 0 Å². The molecular formula is C16H19NO2S2. The summed E-state index contributed by atoms with van der Waals surface area (Å²) in [5.74, 6) is 4.53. The molecule has 1 fully saturated rings. The lowest BCUT2D eigenvalue weighted by atomic mass is 9.81. The largest absolute Gasteiger partial charge is 0.497 e. The molecule has 1 aromatic carbocycles. The lowest BCUT2D eigenvalue weighted by molar-refractivity contribution is 0.374. The van der Waals surface area contributed by atoms with Crippen LogP contribution in [0.25, 0.3) is 0 Å². The van der Waals surface area contributed by atoms with Crippen LogP contribution >= 0.6 is 23.5 Å². The van der Waals surface area contributed by atoms with Gasteiger partial charge < -0.3 is 9.47 Å². The van der Waals surface area contributed by atoms with Crippen LogP contribution in [0.15, 0.2) is 12.1 Å². The van der Waals surface area contributed by atoms with Gasteiger partial charge in [0.05, 0.1) is 24.4 Å². The second-order valence-corrected chi connectivity index (χ2v) is 8.50. The van der Waals surface area contributed by atoms with Crippen LogP contribution in [0, 0.1) is 17.2 Å². The highest BCUT2D eigenvalue weighted by Crippen LogP contribution is 2.61. The second-order valence-electron chi connectivity index (χ2n) is 5.45. The van der Waals surface area contributed by atoms with E-state index in [1.165, 1.54) is 22.6 Å². The van der Waals surface area contributed by atoms with Crippen LogP contribution < -0.4 is 9.47 Å². The predicted molar refractivity (Wildman–Crippen MR) is 88.2 cm³/mol. The Labute approximate surface area is 134 Å². The van der Waals surface area contributed by atoms with E-state index in [0.29, 0.717) is 12.3 Å². The molecule has 3 rings (SSSR count). The molecule has 112 valence electrons. The molecule has 3 nitrogen and oxygen atoms in total. The smallest absolute Gasteiger partial charge is 0.128 e. The van der Waals surface area contributed by atoms with Crippen molar-refractivity contribution >= 4 is 23.5 Å². The van der Waals surface area contributed by atoms with E-state index in [1.807, 2.05) is 29.6 Å². The van der Waals surface area contributed by atoms with Gasteiger partial charge in [-0.05, 0) is 30.4 Å². The van der Waals surface area contributed by atoms with E-state index in [4.69, 9.17) is 14.7 Å². The summed E-state index contributed by atoms with van der Waals surface area (Å²) in [6.45, 7) is 0. The van der Waals surface area contributed by atoms with Crippen molar-refractivity contribution < 1.29 is 9.47 Å². The van der Waals surface area contributed by atoms with Gasteiger partial charge in [-0.2, -0.15) is 5.26 Å². The fourth-order valence-electron chi connectivity index (χ4n) is 3.37. The zero-order valence-corrected chi connectivity index (χ0v) is 14.0. The quantitative estimate of drug-likeness (QED) is 0.847. The van der Waals surface area contributed by atoms with Crippen molar-refractivity contribution in [2.24, 2.45) is 5.92 Å². The second kappa shape index (κ2) is 6.02. The topological polar surface area (TPSA) is 42.2 Å². The minimum Gasteiger partial charge on any atom is -0.497 e. The summed E-state index contributed by atoms with van der Waals surface area (Å²) in [6.07, 6.45) is 2.63. The lowest BCUT2D eigenvalue weighted by Crippen LogP contribution is -2.28. The Morgan fingerprint density at radius 3 is 2.67 bits per heavy atom. The molecule has 1 atom stereocenters. The van der Waals surface area contributed by atoms with Crippen LogP contribution in [0.4, 0.5) is 0 Å². The van der Waals surface area contributed by atoms with Crippen LogP contribution in [0.3, 0.4) is 0 Å². The van der Waals surface area contributed by atoms with E-state index < -0.39 is 0 Å². The Balaban J connectivity index is 2.12. The van der Waals surface area contributed by atoms with Gasteiger partial charge in [-0.1, -0.05) is 0 Å². The molecule has 0 bridgehead atoms. The molecule has 0 saturated carbocycles. The molecule has 0 unspecified atom stereocenters. The normalized spacial score (nSPS) is 22.6. The fraction of sp³-hybridized carbons (Fsp3) is 0.562. The van der Waals surface area contributed by atoms with Gasteiger partial charge in [0, 0.05) is 29.6 Å². The lowest BCUT2D eigenvalue weighted by Gasteiger charge is -2.39. The first-order chi connectivity index (χ1) is 10.2. The van der Waals surface area contributed by atoms with Crippen molar-refractivity contribution in [3.8, 4) is 17.6 Å². The fourth-order valence-corrected chi connectivity index (χ4v) is 6.99. The third-order valence-electron chi connectivity index (χ3n) is 4.19. The van der Waals surface area contributed by atoms with E-state index in [9.17, 15) is 0 Å². The van der Waals surface area contributed by atoms with Crippen molar-refractivity contribution in [1.82, 2.24) is 0 Å². The van der Waals surface area contributed by atoms with Gasteiger partial charge in [-0.25, -0.2) is 0 Å². The first-order valence-corrected chi connectivity index (χ1v) is 9.10. The van der Waals surface area contributed by atoms with Crippen molar-refractivity contribution in [2.75, 3.05) is 25.7 Å². The maximum Gasteiger partial charge on any atom is 0.128 e. The molecule has 0 N–H and O–H groups in total. The molecule has 21 heavy (non-hydrogen) atoms. The summed E-state index contributed by atoms with van der Waals surface area (Å²) in [5, 5.41) is 9.09. The average Bonchev–Trinajstić information content (AvgIpc) is 2.94. The molecule has 0 aromatic heterocycles. The first-order valence-electron chi connectivity index (χ1n) is 7.12. The standard InChI is InChI=1S/C16H19NO2S2/c1-18-13-8-12-7-11(3-4-17)10-16(20-5-6-21-16)15(12)14(9-13)19-2/h8-9,11H,3,5-7,10H2,1-2H3/t11-/m1/s1. The highest BCUT2D eigenvalue weighted by atomic mass is 32.2. The van der Waals surface area contributed by atoms with Crippen molar-refractivity contribution in [3.63, 3.8) is 0 Å². The van der Waals surface area contributed by atoms with Crippen LogP contribution in [-0.2, 0) is 10.5 Å². The van der Waals surface area contributed by atoms with E-state index in [-0.39, 0.29) is 4.08 Å². The highest BCUT2D eigenvalue weighted by Gasteiger charge is 2.46. The van der Waals surface area contributed by atoms with E-state index in [1.54, 1.807) is 14.2 Å². The minimum atomic E-state index is 0.0622. The molecule has 1 spiro atoms. The number of hydrogen-bond acceptors (Lipinski definition) is 5. The average molecular weight is 321 g/mol. The van der Waals surface area contributed by atoms with Crippen molar-refractivity contribution in [3.05, 3.63) is 23.3 Å². The van der Waals surface area contributed by atoms with Gasteiger partial charge >= 0.3 is 0 Å². The Morgan fingerprint density at radius 1 is 1.29 bits per heavy atom. The molecule has 1 aliphatic carbocycles. The Hall–Kier alpha value is -0.990. The van der Waals surface area contributed by atoms with Gasteiger partial charge in [0.1, 0.15) is 11.5 Å². The Morgan fingerprint density at radius 2 is 2.05 bits per heavy atom.